The summed E-state index contributed by atoms with van der Waals surface area (Å²) in [6.07, 6.45) is 0.747. The van der Waals surface area contributed by atoms with Crippen LogP contribution >= 0.6 is 0 Å². The highest BCUT2D eigenvalue weighted by Crippen LogP contribution is 2.40. The number of sulfonamides is 1. The van der Waals surface area contributed by atoms with Crippen LogP contribution in [0.1, 0.15) is 28.4 Å². The molecule has 0 saturated carbocycles. The number of fused-ring (bicyclic) bond motifs is 5. The quantitative estimate of drug-likeness (QED) is 0.599. The number of piperidine rings is 1. The van der Waals surface area contributed by atoms with Gasteiger partial charge in [0.15, 0.2) is 11.5 Å². The van der Waals surface area contributed by atoms with E-state index in [1.54, 1.807) is 59.2 Å². The van der Waals surface area contributed by atoms with Crippen LogP contribution < -0.4 is 20.3 Å². The van der Waals surface area contributed by atoms with Gasteiger partial charge in [-0.3, -0.25) is 9.59 Å². The van der Waals surface area contributed by atoms with Crippen LogP contribution in [0.25, 0.3) is 0 Å². The number of aromatic nitrogens is 1. The molecule has 1 aromatic heterocycles. The van der Waals surface area contributed by atoms with Gasteiger partial charge in [-0.25, -0.2) is 8.42 Å². The van der Waals surface area contributed by atoms with E-state index in [1.165, 1.54) is 10.4 Å². The first-order chi connectivity index (χ1) is 16.9. The summed E-state index contributed by atoms with van der Waals surface area (Å²) >= 11 is 0. The molecule has 1 amide bonds. The topological polar surface area (TPSA) is 107 Å². The lowest BCUT2D eigenvalue weighted by molar-refractivity contribution is 0.102. The van der Waals surface area contributed by atoms with Gasteiger partial charge in [-0.2, -0.15) is 4.31 Å². The third-order valence-corrected chi connectivity index (χ3v) is 8.67. The van der Waals surface area contributed by atoms with E-state index in [4.69, 9.17) is 9.47 Å². The number of hydrogen-bond acceptors (Lipinski definition) is 6. The van der Waals surface area contributed by atoms with Crippen molar-refractivity contribution in [2.75, 3.05) is 25.2 Å². The molecule has 3 aliphatic rings. The molecular formula is C25H23N3O6S. The van der Waals surface area contributed by atoms with Gasteiger partial charge in [-0.15, -0.1) is 0 Å². The number of carbonyl (C=O) groups excluding carboxylic acids is 1. The Kier molecular flexibility index (Phi) is 5.15. The molecule has 3 aliphatic heterocycles. The smallest absolute Gasteiger partial charge is 0.255 e. The van der Waals surface area contributed by atoms with Crippen molar-refractivity contribution < 1.29 is 22.7 Å². The highest BCUT2D eigenvalue weighted by molar-refractivity contribution is 7.89. The molecule has 3 aromatic rings. The average Bonchev–Trinajstić information content (AvgIpc) is 3.34. The molecule has 9 nitrogen and oxygen atoms in total. The highest BCUT2D eigenvalue weighted by atomic mass is 32.2. The largest absolute Gasteiger partial charge is 0.454 e. The maximum atomic E-state index is 13.3. The SMILES string of the molecule is O=C(Nc1ccc(=O)n2c1[C@@H]1C[C@H](CN(S(=O)(=O)c3ccccc3)C1)C2)c1ccc2c(c1)OCO2. The van der Waals surface area contributed by atoms with Gasteiger partial charge in [0.05, 0.1) is 10.6 Å². The van der Waals surface area contributed by atoms with Gasteiger partial charge in [0.25, 0.3) is 11.5 Å². The molecule has 0 aliphatic carbocycles. The summed E-state index contributed by atoms with van der Waals surface area (Å²) in [5.41, 5.74) is 1.41. The predicted molar refractivity (Wildman–Crippen MR) is 127 cm³/mol. The van der Waals surface area contributed by atoms with Crippen molar-refractivity contribution in [3.05, 3.63) is 82.3 Å². The van der Waals surface area contributed by atoms with E-state index < -0.39 is 10.0 Å². The number of pyridine rings is 1. The number of benzene rings is 2. The maximum Gasteiger partial charge on any atom is 0.255 e. The fraction of sp³-hybridized carbons (Fsp3) is 0.280. The summed E-state index contributed by atoms with van der Waals surface area (Å²) in [7, 11) is -3.67. The molecule has 10 heteroatoms. The van der Waals surface area contributed by atoms with Gasteiger partial charge in [0.2, 0.25) is 16.8 Å². The second-order valence-electron chi connectivity index (χ2n) is 9.04. The van der Waals surface area contributed by atoms with E-state index >= 15 is 0 Å². The van der Waals surface area contributed by atoms with Crippen LogP contribution in [0.3, 0.4) is 0 Å². The zero-order chi connectivity index (χ0) is 24.2. The molecule has 1 N–H and O–H groups in total. The Labute approximate surface area is 201 Å². The van der Waals surface area contributed by atoms with Crippen LogP contribution in [0.5, 0.6) is 11.5 Å². The Hall–Kier alpha value is -3.63. The lowest BCUT2D eigenvalue weighted by atomic mass is 9.83. The number of nitrogens with one attached hydrogen (secondary N) is 1. The summed E-state index contributed by atoms with van der Waals surface area (Å²) in [6.45, 7) is 1.11. The summed E-state index contributed by atoms with van der Waals surface area (Å²) in [4.78, 5) is 26.0. The van der Waals surface area contributed by atoms with Crippen molar-refractivity contribution in [1.29, 1.82) is 0 Å². The number of anilines is 1. The van der Waals surface area contributed by atoms with Gasteiger partial charge >= 0.3 is 0 Å². The summed E-state index contributed by atoms with van der Waals surface area (Å²) in [5.74, 6) is 0.523. The van der Waals surface area contributed by atoms with E-state index in [2.05, 4.69) is 5.32 Å². The monoisotopic (exact) mass is 493 g/mol. The second kappa shape index (κ2) is 8.24. The number of rotatable bonds is 4. The molecule has 2 bridgehead atoms. The lowest BCUT2D eigenvalue weighted by Crippen LogP contribution is -2.49. The van der Waals surface area contributed by atoms with Crippen LogP contribution in [0.4, 0.5) is 5.69 Å². The highest BCUT2D eigenvalue weighted by Gasteiger charge is 2.40. The minimum absolute atomic E-state index is 0.0113. The van der Waals surface area contributed by atoms with E-state index in [1.807, 2.05) is 0 Å². The van der Waals surface area contributed by atoms with Crippen molar-refractivity contribution >= 4 is 21.6 Å². The summed E-state index contributed by atoms with van der Waals surface area (Å²) in [5, 5.41) is 2.93. The van der Waals surface area contributed by atoms with Crippen LogP contribution in [0.15, 0.2) is 70.4 Å². The molecule has 6 rings (SSSR count). The fourth-order valence-electron chi connectivity index (χ4n) is 5.25. The van der Waals surface area contributed by atoms with Gasteiger partial charge in [-0.1, -0.05) is 18.2 Å². The third kappa shape index (κ3) is 3.78. The molecule has 1 fully saturated rings. The van der Waals surface area contributed by atoms with Gasteiger partial charge < -0.3 is 19.4 Å². The predicted octanol–water partition coefficient (Wildman–Crippen LogP) is 2.64. The molecule has 35 heavy (non-hydrogen) atoms. The Balaban J connectivity index is 1.32. The molecule has 0 radical (unpaired) electrons. The zero-order valence-electron chi connectivity index (χ0n) is 18.7. The maximum absolute atomic E-state index is 13.3. The molecule has 4 heterocycles. The zero-order valence-corrected chi connectivity index (χ0v) is 19.5. The molecule has 1 saturated heterocycles. The van der Waals surface area contributed by atoms with E-state index in [-0.39, 0.29) is 41.5 Å². The Morgan fingerprint density at radius 3 is 2.57 bits per heavy atom. The number of hydrogen-bond donors (Lipinski definition) is 1. The van der Waals surface area contributed by atoms with Gasteiger partial charge in [0, 0.05) is 42.9 Å². The molecule has 0 unspecified atom stereocenters. The normalized spacial score (nSPS) is 20.8. The minimum Gasteiger partial charge on any atom is -0.454 e. The van der Waals surface area contributed by atoms with Crippen LogP contribution in [0, 0.1) is 5.92 Å². The van der Waals surface area contributed by atoms with Gasteiger partial charge in [0.1, 0.15) is 0 Å². The Morgan fingerprint density at radius 1 is 0.943 bits per heavy atom. The molecule has 2 aromatic carbocycles. The van der Waals surface area contributed by atoms with E-state index in [0.717, 1.165) is 6.42 Å². The van der Waals surface area contributed by atoms with Crippen molar-refractivity contribution in [3.8, 4) is 11.5 Å². The number of nitrogens with zero attached hydrogens (tertiary/aromatic N) is 2. The number of carbonyl (C=O) groups is 1. The van der Waals surface area contributed by atoms with E-state index in [9.17, 15) is 18.0 Å². The first-order valence-corrected chi connectivity index (χ1v) is 12.8. The molecule has 0 spiro atoms. The lowest BCUT2D eigenvalue weighted by Gasteiger charge is -2.42. The van der Waals surface area contributed by atoms with Crippen molar-refractivity contribution in [2.24, 2.45) is 5.92 Å². The van der Waals surface area contributed by atoms with Crippen molar-refractivity contribution in [1.82, 2.24) is 8.87 Å². The Bertz CT molecular complexity index is 1480. The average molecular weight is 494 g/mol. The molecular weight excluding hydrogens is 470 g/mol. The summed E-state index contributed by atoms with van der Waals surface area (Å²) in [6, 6.07) is 16.4. The minimum atomic E-state index is -3.67. The van der Waals surface area contributed by atoms with Crippen molar-refractivity contribution in [3.63, 3.8) is 0 Å². The van der Waals surface area contributed by atoms with Crippen LogP contribution in [0.2, 0.25) is 0 Å². The number of ether oxygens (including phenoxy) is 2. The van der Waals surface area contributed by atoms with Gasteiger partial charge in [-0.05, 0) is 48.7 Å². The molecule has 2 atom stereocenters. The third-order valence-electron chi connectivity index (χ3n) is 6.82. The second-order valence-corrected chi connectivity index (χ2v) is 11.0. The van der Waals surface area contributed by atoms with Crippen LogP contribution in [-0.4, -0.2) is 43.1 Å². The van der Waals surface area contributed by atoms with E-state index in [0.29, 0.717) is 41.5 Å². The number of amides is 1. The van der Waals surface area contributed by atoms with Crippen LogP contribution in [-0.2, 0) is 16.6 Å². The molecule has 180 valence electrons. The Morgan fingerprint density at radius 2 is 1.74 bits per heavy atom. The first-order valence-electron chi connectivity index (χ1n) is 11.4. The first kappa shape index (κ1) is 21.9. The fourth-order valence-corrected chi connectivity index (χ4v) is 6.83. The standard InChI is InChI=1S/C25H23N3O6S/c29-23-9-7-20(26-25(30)17-6-8-21-22(11-17)34-15-33-21)24-18-10-16(13-28(23)24)12-27(14-18)35(31,32)19-4-2-1-3-5-19/h1-9,11,16,18H,10,12-15H2,(H,26,30)/t16-,18-/m1/s1. The summed E-state index contributed by atoms with van der Waals surface area (Å²) < 4.78 is 40.5. The van der Waals surface area contributed by atoms with Crippen molar-refractivity contribution in [2.45, 2.75) is 23.8 Å².